The van der Waals surface area contributed by atoms with E-state index < -0.39 is 30.9 Å². The summed E-state index contributed by atoms with van der Waals surface area (Å²) >= 11 is 0. The zero-order valence-electron chi connectivity index (χ0n) is 7.54. The second-order valence-electron chi connectivity index (χ2n) is 3.18. The molecule has 82 valence electrons. The number of aliphatic hydroxyl groups is 4. The minimum absolute atomic E-state index is 0.0151. The third-order valence-electron chi connectivity index (χ3n) is 2.18. The van der Waals surface area contributed by atoms with Gasteiger partial charge in [0.25, 0.3) is 0 Å². The van der Waals surface area contributed by atoms with E-state index >= 15 is 0 Å². The molecule has 0 aliphatic carbocycles. The molecule has 1 aliphatic rings. The van der Waals surface area contributed by atoms with E-state index in [1.165, 1.54) is 0 Å². The predicted molar refractivity (Wildman–Crippen MR) is 48.5 cm³/mol. The Bertz CT molecular complexity index is 223. The van der Waals surface area contributed by atoms with Crippen molar-refractivity contribution >= 4 is 5.96 Å². The van der Waals surface area contributed by atoms with Gasteiger partial charge in [-0.3, -0.25) is 0 Å². The van der Waals surface area contributed by atoms with E-state index in [0.29, 0.717) is 0 Å². The topological polar surface area (TPSA) is 131 Å². The lowest BCUT2D eigenvalue weighted by Crippen LogP contribution is -2.51. The van der Waals surface area contributed by atoms with Crippen molar-refractivity contribution < 1.29 is 20.4 Å². The summed E-state index contributed by atoms with van der Waals surface area (Å²) in [6.07, 6.45) is -2.47. The number of nitrogens with two attached hydrogens (primary N) is 1. The molecule has 0 aromatic heterocycles. The molecular weight excluding hydrogens is 190 g/mol. The van der Waals surface area contributed by atoms with E-state index in [4.69, 9.17) is 15.9 Å². The molecule has 0 saturated carbocycles. The van der Waals surface area contributed by atoms with Gasteiger partial charge in [-0.25, -0.2) is 4.99 Å². The normalized spacial score (nSPS) is 38.4. The quantitative estimate of drug-likeness (QED) is 0.275. The molecule has 1 rings (SSSR count). The van der Waals surface area contributed by atoms with Crippen molar-refractivity contribution in [2.75, 3.05) is 13.2 Å². The molecule has 14 heavy (non-hydrogen) atoms. The molecule has 0 aromatic carbocycles. The predicted octanol–water partition coefficient (Wildman–Crippen LogP) is -3.65. The summed E-state index contributed by atoms with van der Waals surface area (Å²) in [5, 5.41) is 39.3. The number of rotatable bonds is 2. The Balaban J connectivity index is 2.83. The second kappa shape index (κ2) is 4.56. The molecule has 7 heteroatoms. The van der Waals surface area contributed by atoms with Crippen molar-refractivity contribution in [3.63, 3.8) is 0 Å². The first-order valence-corrected chi connectivity index (χ1v) is 4.27. The van der Waals surface area contributed by atoms with Crippen LogP contribution in [0.4, 0.5) is 0 Å². The van der Waals surface area contributed by atoms with Gasteiger partial charge in [0.2, 0.25) is 0 Å². The van der Waals surface area contributed by atoms with Gasteiger partial charge in [0.05, 0.1) is 19.3 Å². The number of hydrogen-bond acceptors (Lipinski definition) is 7. The van der Waals surface area contributed by atoms with Crippen LogP contribution < -0.4 is 11.1 Å². The molecule has 4 atom stereocenters. The van der Waals surface area contributed by atoms with Crippen LogP contribution >= 0.6 is 0 Å². The van der Waals surface area contributed by atoms with E-state index in [0.717, 1.165) is 0 Å². The molecule has 0 saturated heterocycles. The van der Waals surface area contributed by atoms with E-state index in [1.54, 1.807) is 0 Å². The van der Waals surface area contributed by atoms with Gasteiger partial charge in [-0.2, -0.15) is 0 Å². The number of aliphatic hydroxyl groups excluding tert-OH is 4. The highest BCUT2D eigenvalue weighted by Gasteiger charge is 2.34. The van der Waals surface area contributed by atoms with Gasteiger partial charge in [0, 0.05) is 0 Å². The second-order valence-corrected chi connectivity index (χ2v) is 3.18. The van der Waals surface area contributed by atoms with Gasteiger partial charge < -0.3 is 31.5 Å². The van der Waals surface area contributed by atoms with Crippen LogP contribution in [0.25, 0.3) is 0 Å². The molecule has 1 heterocycles. The monoisotopic (exact) mass is 205 g/mol. The summed E-state index contributed by atoms with van der Waals surface area (Å²) in [6, 6.07) is -1.64. The maximum atomic E-state index is 9.52. The first-order chi connectivity index (χ1) is 6.60. The maximum absolute atomic E-state index is 9.52. The van der Waals surface area contributed by atoms with Crippen LogP contribution in [-0.2, 0) is 0 Å². The van der Waals surface area contributed by atoms with E-state index in [1.807, 2.05) is 0 Å². The highest BCUT2D eigenvalue weighted by Crippen LogP contribution is 2.10. The van der Waals surface area contributed by atoms with Crippen molar-refractivity contribution in [1.29, 1.82) is 0 Å². The molecular formula is C7H15N3O4. The summed E-state index contributed by atoms with van der Waals surface area (Å²) in [4.78, 5) is 3.74. The van der Waals surface area contributed by atoms with Crippen molar-refractivity contribution in [3.8, 4) is 0 Å². The third-order valence-corrected chi connectivity index (χ3v) is 2.18. The lowest BCUT2D eigenvalue weighted by Gasteiger charge is -2.24. The molecule has 1 aliphatic heterocycles. The maximum Gasteiger partial charge on any atom is 0.189 e. The van der Waals surface area contributed by atoms with Gasteiger partial charge in [0.15, 0.2) is 5.96 Å². The molecule has 0 bridgehead atoms. The Morgan fingerprint density at radius 1 is 1.21 bits per heavy atom. The zero-order valence-corrected chi connectivity index (χ0v) is 7.54. The number of hydrogen-bond donors (Lipinski definition) is 6. The number of guanidine groups is 1. The Morgan fingerprint density at radius 3 is 2.36 bits per heavy atom. The van der Waals surface area contributed by atoms with E-state index in [-0.39, 0.29) is 12.6 Å². The average Bonchev–Trinajstić information content (AvgIpc) is 2.29. The molecule has 7 nitrogen and oxygen atoms in total. The van der Waals surface area contributed by atoms with Crippen molar-refractivity contribution in [2.45, 2.75) is 24.3 Å². The lowest BCUT2D eigenvalue weighted by atomic mass is 10.0. The molecule has 0 unspecified atom stereocenters. The standard InChI is InChI=1S/C7H15N3O4/c8-7-9-3(1-11)5(13)6(14)4(2-12)10-7/h3-6,11-14H,1-2H2,(H3,8,9,10)/t3-,4-,5-,6-/m1/s1. The van der Waals surface area contributed by atoms with Crippen LogP contribution in [-0.4, -0.2) is 63.9 Å². The summed E-state index contributed by atoms with van der Waals surface area (Å²) in [5.74, 6) is -0.0151. The number of nitrogens with one attached hydrogen (secondary N) is 1. The fourth-order valence-electron chi connectivity index (χ4n) is 1.34. The molecule has 0 radical (unpaired) electrons. The fraction of sp³-hybridized carbons (Fsp3) is 0.857. The van der Waals surface area contributed by atoms with Crippen LogP contribution in [0.15, 0.2) is 4.99 Å². The first kappa shape index (κ1) is 11.2. The van der Waals surface area contributed by atoms with Gasteiger partial charge in [-0.05, 0) is 0 Å². The summed E-state index contributed by atoms with van der Waals surface area (Å²) in [6.45, 7) is -0.800. The molecule has 7 N–H and O–H groups in total. The summed E-state index contributed by atoms with van der Waals surface area (Å²) in [5.41, 5.74) is 5.39. The van der Waals surface area contributed by atoms with Crippen LogP contribution in [0.3, 0.4) is 0 Å². The Labute approximate surface area is 80.9 Å². The highest BCUT2D eigenvalue weighted by atomic mass is 16.3. The SMILES string of the molecule is NC1=N[C@H](CO)[C@@H](O)[C@H](O)[C@@H](CO)N1. The molecule has 0 amide bonds. The molecule has 0 aromatic rings. The number of nitrogens with zero attached hydrogens (tertiary/aromatic N) is 1. The Morgan fingerprint density at radius 2 is 1.86 bits per heavy atom. The van der Waals surface area contributed by atoms with Crippen molar-refractivity contribution in [1.82, 2.24) is 5.32 Å². The smallest absolute Gasteiger partial charge is 0.189 e. The third kappa shape index (κ3) is 2.13. The van der Waals surface area contributed by atoms with Crippen molar-refractivity contribution in [2.24, 2.45) is 10.7 Å². The highest BCUT2D eigenvalue weighted by molar-refractivity contribution is 5.78. The molecule has 0 fully saturated rings. The van der Waals surface area contributed by atoms with Gasteiger partial charge >= 0.3 is 0 Å². The van der Waals surface area contributed by atoms with Crippen LogP contribution in [0, 0.1) is 0 Å². The van der Waals surface area contributed by atoms with Crippen molar-refractivity contribution in [3.05, 3.63) is 0 Å². The summed E-state index contributed by atoms with van der Waals surface area (Å²) in [7, 11) is 0. The first-order valence-electron chi connectivity index (χ1n) is 4.27. The lowest BCUT2D eigenvalue weighted by molar-refractivity contribution is -0.0281. The largest absolute Gasteiger partial charge is 0.394 e. The number of aliphatic imine (C=N–C) groups is 1. The van der Waals surface area contributed by atoms with Gasteiger partial charge in [-0.1, -0.05) is 0 Å². The fourth-order valence-corrected chi connectivity index (χ4v) is 1.34. The van der Waals surface area contributed by atoms with Gasteiger partial charge in [0.1, 0.15) is 18.2 Å². The van der Waals surface area contributed by atoms with Crippen LogP contribution in [0.5, 0.6) is 0 Å². The van der Waals surface area contributed by atoms with Gasteiger partial charge in [-0.15, -0.1) is 0 Å². The van der Waals surface area contributed by atoms with E-state index in [2.05, 4.69) is 10.3 Å². The van der Waals surface area contributed by atoms with Crippen LogP contribution in [0.2, 0.25) is 0 Å². The summed E-state index contributed by atoms with van der Waals surface area (Å²) < 4.78 is 0. The Kier molecular flexibility index (Phi) is 3.64. The van der Waals surface area contributed by atoms with Crippen LogP contribution in [0.1, 0.15) is 0 Å². The van der Waals surface area contributed by atoms with E-state index in [9.17, 15) is 10.2 Å². The molecule has 0 spiro atoms. The average molecular weight is 205 g/mol. The Hall–Kier alpha value is -0.890. The zero-order chi connectivity index (χ0) is 10.7. The minimum atomic E-state index is -1.24. The minimum Gasteiger partial charge on any atom is -0.394 e.